The van der Waals surface area contributed by atoms with Crippen LogP contribution in [0.1, 0.15) is 12.8 Å². The van der Waals surface area contributed by atoms with Crippen molar-refractivity contribution in [2.45, 2.75) is 24.9 Å². The maximum Gasteiger partial charge on any atom is 1.00 e. The maximum absolute atomic E-state index is 10.5. The summed E-state index contributed by atoms with van der Waals surface area (Å²) in [6.07, 6.45) is -2.01. The van der Waals surface area contributed by atoms with Crippen molar-refractivity contribution in [3.05, 3.63) is 0 Å². The smallest absolute Gasteiger partial charge is 0.550 e. The van der Waals surface area contributed by atoms with Crippen molar-refractivity contribution < 1.29 is 128 Å². The molecule has 0 saturated heterocycles. The van der Waals surface area contributed by atoms with Gasteiger partial charge >= 0.3 is 94.6 Å². The van der Waals surface area contributed by atoms with Crippen LogP contribution in [-0.4, -0.2) is 41.1 Å². The molecule has 0 rings (SSSR count). The second-order valence-electron chi connectivity index (χ2n) is 3.08. The molecule has 0 spiro atoms. The van der Waals surface area contributed by atoms with Crippen LogP contribution < -0.4 is 109 Å². The fourth-order valence-corrected chi connectivity index (χ4v) is 1.00. The van der Waals surface area contributed by atoms with Crippen LogP contribution in [0.25, 0.3) is 0 Å². The monoisotopic (exact) mass is 315 g/mol. The molecule has 0 aromatic heterocycles. The molecule has 0 fully saturated rings. The van der Waals surface area contributed by atoms with Gasteiger partial charge in [0.05, 0.1) is 30.4 Å². The van der Waals surface area contributed by atoms with Crippen molar-refractivity contribution in [3.8, 4) is 0 Å². The van der Waals surface area contributed by atoms with Gasteiger partial charge in [-0.3, -0.25) is 4.79 Å². The van der Waals surface area contributed by atoms with E-state index in [0.717, 1.165) is 0 Å². The van der Waals surface area contributed by atoms with Crippen LogP contribution >= 0.6 is 0 Å². The van der Waals surface area contributed by atoms with Crippen molar-refractivity contribution in [3.63, 3.8) is 0 Å². The molecule has 0 heterocycles. The Balaban J connectivity index is -0.000000427. The minimum absolute atomic E-state index is 0. The van der Waals surface area contributed by atoms with Gasteiger partial charge in [-0.05, 0) is 0 Å². The van der Waals surface area contributed by atoms with Crippen LogP contribution in [-0.2, 0) is 19.2 Å². The van der Waals surface area contributed by atoms with E-state index in [2.05, 4.69) is 0 Å². The third-order valence-electron chi connectivity index (χ3n) is 1.72. The molecule has 20 heavy (non-hydrogen) atoms. The average Bonchev–Trinajstić information content (AvgIpc) is 2.13. The molecule has 0 aromatic rings. The van der Waals surface area contributed by atoms with Gasteiger partial charge in [0, 0.05) is 12.4 Å². The molecule has 0 radical (unpaired) electrons. The molecule has 0 saturated carbocycles. The van der Waals surface area contributed by atoms with Crippen molar-refractivity contribution in [2.75, 3.05) is 0 Å². The number of carbonyl (C=O) groups is 4. The summed E-state index contributed by atoms with van der Waals surface area (Å²) in [4.78, 5) is 41.3. The van der Waals surface area contributed by atoms with E-state index in [9.17, 15) is 34.5 Å². The number of aliphatic carboxylic acids is 4. The number of hydrogen-bond donors (Lipinski definition) is 2. The molecule has 9 nitrogen and oxygen atoms in total. The number of rotatable bonds is 8. The fraction of sp³-hybridized carbons (Fsp3) is 0.500. The summed E-state index contributed by atoms with van der Waals surface area (Å²) in [7, 11) is 0. The van der Waals surface area contributed by atoms with Gasteiger partial charge in [-0.2, -0.15) is 0 Å². The van der Waals surface area contributed by atoms with Crippen molar-refractivity contribution in [2.24, 2.45) is 0 Å². The molecule has 0 aliphatic heterocycles. The van der Waals surface area contributed by atoms with Gasteiger partial charge in [0.1, 0.15) is 0 Å². The number of hydrogen-bond acceptors (Lipinski definition) is 8. The van der Waals surface area contributed by atoms with Crippen LogP contribution in [0.2, 0.25) is 0 Å². The van der Waals surface area contributed by atoms with E-state index in [1.54, 1.807) is 5.32 Å². The fourth-order valence-electron chi connectivity index (χ4n) is 1.00. The Morgan fingerprint density at radius 2 is 1.20 bits per heavy atom. The number of carboxylic acid groups (broad SMARTS) is 4. The first-order valence-electron chi connectivity index (χ1n) is 4.33. The zero-order chi connectivity index (χ0) is 13.6. The molecular formula is C8H8NNa3O8. The Hall–Kier alpha value is 0.840. The summed E-state index contributed by atoms with van der Waals surface area (Å²) in [5, 5.41) is 41.2. The maximum atomic E-state index is 10.5. The molecular weight excluding hydrogens is 307 g/mol. The first-order chi connectivity index (χ1) is 7.73. The molecule has 0 aliphatic carbocycles. The van der Waals surface area contributed by atoms with E-state index in [-0.39, 0.29) is 88.7 Å². The average molecular weight is 315 g/mol. The summed E-state index contributed by atoms with van der Waals surface area (Å²) >= 11 is 0. The van der Waals surface area contributed by atoms with Crippen molar-refractivity contribution in [1.82, 2.24) is 5.32 Å². The Labute approximate surface area is 180 Å². The van der Waals surface area contributed by atoms with Gasteiger partial charge in [0.2, 0.25) is 0 Å². The van der Waals surface area contributed by atoms with Crippen molar-refractivity contribution in [1.29, 1.82) is 0 Å². The van der Waals surface area contributed by atoms with E-state index in [1.807, 2.05) is 0 Å². The first-order valence-corrected chi connectivity index (χ1v) is 4.33. The number of carbonyl (C=O) groups excluding carboxylic acids is 3. The van der Waals surface area contributed by atoms with Crippen LogP contribution in [0.15, 0.2) is 0 Å². The summed E-state index contributed by atoms with van der Waals surface area (Å²) in [6, 6.07) is -3.71. The molecule has 96 valence electrons. The van der Waals surface area contributed by atoms with Gasteiger partial charge in [-0.25, -0.2) is 0 Å². The second-order valence-corrected chi connectivity index (χ2v) is 3.08. The van der Waals surface area contributed by atoms with Crippen LogP contribution in [0.4, 0.5) is 0 Å². The van der Waals surface area contributed by atoms with E-state index < -0.39 is 48.8 Å². The van der Waals surface area contributed by atoms with Crippen LogP contribution in [0.5, 0.6) is 0 Å². The summed E-state index contributed by atoms with van der Waals surface area (Å²) in [6.45, 7) is 0. The normalized spacial score (nSPS) is 11.6. The van der Waals surface area contributed by atoms with E-state index >= 15 is 0 Å². The second kappa shape index (κ2) is 14.8. The van der Waals surface area contributed by atoms with Gasteiger partial charge in [0.15, 0.2) is 0 Å². The minimum atomic E-state index is -1.88. The first kappa shape index (κ1) is 28.9. The molecule has 0 bridgehead atoms. The van der Waals surface area contributed by atoms with E-state index in [1.165, 1.54) is 0 Å². The van der Waals surface area contributed by atoms with Crippen molar-refractivity contribution >= 4 is 23.9 Å². The number of nitrogens with one attached hydrogen (secondary N) is 1. The van der Waals surface area contributed by atoms with Gasteiger partial charge < -0.3 is 40.1 Å². The summed E-state index contributed by atoms with van der Waals surface area (Å²) in [5.74, 6) is -7.01. The standard InChI is InChI=1S/C8H11NO8.3Na/c10-5(11)1-3(7(14)15)9-4(8(16)17)2-6(12)13;;;/h3-4,9H,1-2H2,(H,10,11)(H,12,13)(H,14,15)(H,16,17);;;/q;3*+1/p-3. The Morgan fingerprint density at radius 3 is 1.45 bits per heavy atom. The van der Waals surface area contributed by atoms with E-state index in [0.29, 0.717) is 0 Å². The molecule has 2 N–H and O–H groups in total. The molecule has 0 aliphatic rings. The quantitative estimate of drug-likeness (QED) is 0.413. The zero-order valence-electron chi connectivity index (χ0n) is 11.4. The molecule has 2 unspecified atom stereocenters. The molecule has 0 amide bonds. The third kappa shape index (κ3) is 13.8. The van der Waals surface area contributed by atoms with Crippen LogP contribution in [0, 0.1) is 0 Å². The number of carboxylic acids is 4. The predicted octanol–water partition coefficient (Wildman–Crippen LogP) is -14.6. The summed E-state index contributed by atoms with van der Waals surface area (Å²) in [5.41, 5.74) is 0. The largest absolute Gasteiger partial charge is 1.00 e. The summed E-state index contributed by atoms with van der Waals surface area (Å²) < 4.78 is 0. The van der Waals surface area contributed by atoms with Gasteiger partial charge in [-0.15, -0.1) is 0 Å². The zero-order valence-corrected chi connectivity index (χ0v) is 17.4. The van der Waals surface area contributed by atoms with Gasteiger partial charge in [-0.1, -0.05) is 0 Å². The SMILES string of the molecule is O=C([O-])CC(NC(CC(=O)O)C(=O)[O-])C(=O)[O-].[Na+].[Na+].[Na+]. The Bertz CT molecular complexity index is 319. The minimum Gasteiger partial charge on any atom is -0.550 e. The predicted molar refractivity (Wildman–Crippen MR) is 42.6 cm³/mol. The third-order valence-corrected chi connectivity index (χ3v) is 1.72. The Morgan fingerprint density at radius 1 is 0.850 bits per heavy atom. The van der Waals surface area contributed by atoms with Crippen LogP contribution in [0.3, 0.4) is 0 Å². The van der Waals surface area contributed by atoms with Gasteiger partial charge in [0.25, 0.3) is 0 Å². The Kier molecular flexibility index (Phi) is 21.4. The topological polar surface area (TPSA) is 170 Å². The molecule has 12 heteroatoms. The van der Waals surface area contributed by atoms with E-state index in [4.69, 9.17) is 5.11 Å². The molecule has 0 aromatic carbocycles. The molecule has 2 atom stereocenters.